The van der Waals surface area contributed by atoms with Crippen LogP contribution in [0.4, 0.5) is 0 Å². The highest BCUT2D eigenvalue weighted by Crippen LogP contribution is 2.61. The van der Waals surface area contributed by atoms with Gasteiger partial charge in [-0.3, -0.25) is 10.1 Å². The molecule has 190 valence electrons. The molecule has 1 amide bonds. The van der Waals surface area contributed by atoms with Crippen molar-refractivity contribution in [3.8, 4) is 0 Å². The van der Waals surface area contributed by atoms with E-state index in [1.54, 1.807) is 11.8 Å². The fourth-order valence-corrected chi connectivity index (χ4v) is 9.77. The van der Waals surface area contributed by atoms with Crippen LogP contribution in [-0.2, 0) is 0 Å². The van der Waals surface area contributed by atoms with Crippen LogP contribution < -0.4 is 45.2 Å². The van der Waals surface area contributed by atoms with Crippen LogP contribution in [-0.4, -0.2) is 11.7 Å². The lowest BCUT2D eigenvalue weighted by Crippen LogP contribution is -3.00. The lowest BCUT2D eigenvalue weighted by Gasteiger charge is -2.29. The maximum atomic E-state index is 13.7. The second-order valence-electron chi connectivity index (χ2n) is 8.73. The summed E-state index contributed by atoms with van der Waals surface area (Å²) >= 11 is 1.79. The van der Waals surface area contributed by atoms with Gasteiger partial charge in [-0.05, 0) is 67.6 Å². The molecule has 2 nitrogen and oxygen atoms in total. The van der Waals surface area contributed by atoms with Crippen LogP contribution in [0.5, 0.6) is 0 Å². The number of halogens is 1. The summed E-state index contributed by atoms with van der Waals surface area (Å²) in [5.74, 6) is 0.934. The smallest absolute Gasteiger partial charge is 0.258 e. The number of carbonyl (C=O) groups excluding carboxylic acids is 1. The van der Waals surface area contributed by atoms with E-state index in [1.165, 1.54) is 15.9 Å². The van der Waals surface area contributed by atoms with E-state index >= 15 is 0 Å². The summed E-state index contributed by atoms with van der Waals surface area (Å²) in [5, 5.41) is 9.28. The molecule has 0 spiro atoms. The standard InChI is InChI=1S/C32H32NOPS.HI/c1-3-4-24-36-25-31(33-32(34)27-22-20-26(2)21-23-27)35(28-14-8-5-9-15-28,29-16-10-6-11-17-29)30-18-12-7-13-19-30;/h5-23,25H,3-4,24H2,1-2H3;1H/b31-25-;. The van der Waals surface area contributed by atoms with Crippen LogP contribution >= 0.6 is 19.0 Å². The normalized spacial score (nSPS) is 11.5. The monoisotopic (exact) mass is 637 g/mol. The molecule has 0 atom stereocenters. The zero-order valence-electron chi connectivity index (χ0n) is 21.3. The Morgan fingerprint density at radius 1 is 0.757 bits per heavy atom. The Morgan fingerprint density at radius 2 is 1.22 bits per heavy atom. The molecule has 0 saturated heterocycles. The number of nitrogens with one attached hydrogen (secondary N) is 1. The van der Waals surface area contributed by atoms with Crippen molar-refractivity contribution in [2.75, 3.05) is 5.75 Å². The molecule has 0 aliphatic carbocycles. The van der Waals surface area contributed by atoms with E-state index in [1.807, 2.05) is 31.2 Å². The summed E-state index contributed by atoms with van der Waals surface area (Å²) in [5.41, 5.74) is 2.77. The van der Waals surface area contributed by atoms with Crippen molar-refractivity contribution in [2.24, 2.45) is 0 Å². The SMILES string of the molecule is CCCCS/C=C(/NC(=O)c1ccc(C)cc1)[P+](c1ccccc1)(c1ccccc1)c1ccccc1.[I-]. The largest absolute Gasteiger partial charge is 1.00 e. The van der Waals surface area contributed by atoms with Gasteiger partial charge in [-0.1, -0.05) is 85.6 Å². The van der Waals surface area contributed by atoms with Crippen molar-refractivity contribution in [2.45, 2.75) is 26.7 Å². The number of unbranched alkanes of at least 4 members (excludes halogenated alkanes) is 1. The minimum Gasteiger partial charge on any atom is -1.00 e. The number of rotatable bonds is 10. The summed E-state index contributed by atoms with van der Waals surface area (Å²) < 4.78 is 0. The lowest BCUT2D eigenvalue weighted by atomic mass is 10.1. The molecular formula is C32H33INOPS. The summed E-state index contributed by atoms with van der Waals surface area (Å²) in [7, 11) is -2.39. The minimum absolute atomic E-state index is 0. The summed E-state index contributed by atoms with van der Waals surface area (Å²) in [6.07, 6.45) is 2.27. The van der Waals surface area contributed by atoms with Crippen molar-refractivity contribution in [1.82, 2.24) is 5.32 Å². The third-order valence-electron chi connectivity index (χ3n) is 6.16. The van der Waals surface area contributed by atoms with E-state index in [-0.39, 0.29) is 29.9 Å². The lowest BCUT2D eigenvalue weighted by molar-refractivity contribution is -0.0000154. The van der Waals surface area contributed by atoms with E-state index < -0.39 is 7.26 Å². The van der Waals surface area contributed by atoms with Crippen LogP contribution in [0.3, 0.4) is 0 Å². The molecule has 0 heterocycles. The van der Waals surface area contributed by atoms with Gasteiger partial charge in [-0.15, -0.1) is 11.8 Å². The maximum absolute atomic E-state index is 13.7. The molecule has 0 unspecified atom stereocenters. The van der Waals surface area contributed by atoms with Gasteiger partial charge in [0.15, 0.2) is 12.7 Å². The maximum Gasteiger partial charge on any atom is 0.258 e. The van der Waals surface area contributed by atoms with Gasteiger partial charge in [0.25, 0.3) is 5.91 Å². The Labute approximate surface area is 243 Å². The van der Waals surface area contributed by atoms with Gasteiger partial charge in [0.2, 0.25) is 0 Å². The first kappa shape index (κ1) is 29.2. The Hall–Kier alpha value is -2.40. The topological polar surface area (TPSA) is 29.1 Å². The van der Waals surface area contributed by atoms with Crippen LogP contribution in [0.25, 0.3) is 0 Å². The predicted octanol–water partition coefficient (Wildman–Crippen LogP) is 4.06. The Kier molecular flexibility index (Phi) is 11.4. The Balaban J connectivity index is 0.00000380. The molecule has 5 heteroatoms. The molecule has 4 aromatic carbocycles. The van der Waals surface area contributed by atoms with E-state index in [0.29, 0.717) is 5.56 Å². The third-order valence-corrected chi connectivity index (χ3v) is 11.4. The van der Waals surface area contributed by atoms with Crippen molar-refractivity contribution < 1.29 is 28.8 Å². The molecule has 0 aliphatic rings. The number of hydrogen-bond acceptors (Lipinski definition) is 2. The highest BCUT2D eigenvalue weighted by molar-refractivity contribution is 8.04. The molecule has 0 aliphatic heterocycles. The molecule has 0 aromatic heterocycles. The molecule has 1 N–H and O–H groups in total. The minimum atomic E-state index is -2.39. The zero-order valence-corrected chi connectivity index (χ0v) is 25.2. The number of aryl methyl sites for hydroxylation is 1. The Bertz CT molecular complexity index is 1180. The van der Waals surface area contributed by atoms with E-state index in [0.717, 1.165) is 29.6 Å². The third kappa shape index (κ3) is 6.93. The van der Waals surface area contributed by atoms with Gasteiger partial charge < -0.3 is 24.0 Å². The molecular weight excluding hydrogens is 604 g/mol. The second-order valence-corrected chi connectivity index (χ2v) is 13.1. The van der Waals surface area contributed by atoms with Gasteiger partial charge in [-0.25, -0.2) is 0 Å². The average molecular weight is 638 g/mol. The molecule has 37 heavy (non-hydrogen) atoms. The fraction of sp³-hybridized carbons (Fsp3) is 0.156. The molecule has 0 bridgehead atoms. The molecule has 0 saturated carbocycles. The van der Waals surface area contributed by atoms with E-state index in [2.05, 4.69) is 109 Å². The van der Waals surface area contributed by atoms with E-state index in [4.69, 9.17) is 0 Å². The number of amides is 1. The van der Waals surface area contributed by atoms with Crippen LogP contribution in [0.2, 0.25) is 0 Å². The molecule has 0 fully saturated rings. The number of carbonyl (C=O) groups is 1. The molecule has 4 rings (SSSR count). The van der Waals surface area contributed by atoms with Gasteiger partial charge in [0.1, 0.15) is 15.9 Å². The van der Waals surface area contributed by atoms with Crippen molar-refractivity contribution in [1.29, 1.82) is 0 Å². The number of thioether (sulfide) groups is 1. The first-order chi connectivity index (χ1) is 17.7. The Morgan fingerprint density at radius 3 is 1.65 bits per heavy atom. The number of benzene rings is 4. The quantitative estimate of drug-likeness (QED) is 0.162. The van der Waals surface area contributed by atoms with Crippen LogP contribution in [0.15, 0.2) is 126 Å². The van der Waals surface area contributed by atoms with Crippen molar-refractivity contribution in [3.05, 3.63) is 137 Å². The van der Waals surface area contributed by atoms with E-state index in [9.17, 15) is 4.79 Å². The first-order valence-corrected chi connectivity index (χ1v) is 15.3. The summed E-state index contributed by atoms with van der Waals surface area (Å²) in [4.78, 5) is 13.7. The predicted molar refractivity (Wildman–Crippen MR) is 159 cm³/mol. The molecule has 0 radical (unpaired) electrons. The second kappa shape index (κ2) is 14.5. The van der Waals surface area contributed by atoms with Crippen LogP contribution in [0.1, 0.15) is 35.7 Å². The van der Waals surface area contributed by atoms with Gasteiger partial charge in [0.05, 0.1) is 0 Å². The van der Waals surface area contributed by atoms with Gasteiger partial charge in [-0.2, -0.15) is 0 Å². The average Bonchev–Trinajstić information content (AvgIpc) is 2.93. The number of hydrogen-bond donors (Lipinski definition) is 1. The van der Waals surface area contributed by atoms with Crippen molar-refractivity contribution in [3.63, 3.8) is 0 Å². The summed E-state index contributed by atoms with van der Waals surface area (Å²) in [6, 6.07) is 39.8. The fourth-order valence-electron chi connectivity index (χ4n) is 4.27. The van der Waals surface area contributed by atoms with Crippen LogP contribution in [0, 0.1) is 6.92 Å². The zero-order chi connectivity index (χ0) is 25.2. The summed E-state index contributed by atoms with van der Waals surface area (Å²) in [6.45, 7) is 4.24. The highest BCUT2D eigenvalue weighted by Gasteiger charge is 2.50. The highest BCUT2D eigenvalue weighted by atomic mass is 127. The van der Waals surface area contributed by atoms with Gasteiger partial charge in [0, 0.05) is 11.0 Å². The molecule has 4 aromatic rings. The van der Waals surface area contributed by atoms with Gasteiger partial charge >= 0.3 is 0 Å². The van der Waals surface area contributed by atoms with Crippen molar-refractivity contribution >= 4 is 40.8 Å². The first-order valence-electron chi connectivity index (χ1n) is 12.4.